The summed E-state index contributed by atoms with van der Waals surface area (Å²) in [4.78, 5) is 0. The maximum Gasteiger partial charge on any atom is 0 e. The van der Waals surface area contributed by atoms with Crippen molar-refractivity contribution in [2.24, 2.45) is 0 Å². The van der Waals surface area contributed by atoms with Crippen molar-refractivity contribution in [3.63, 3.8) is 0 Å². The molecule has 0 N–H and O–H groups in total. The summed E-state index contributed by atoms with van der Waals surface area (Å²) in [6.07, 6.45) is 4.00. The minimum Gasteiger partial charge on any atom is -0.0919 e. The fraction of sp³-hybridized carbons (Fsp3) is 0.500. The van der Waals surface area contributed by atoms with E-state index in [9.17, 15) is 0 Å². The predicted molar refractivity (Wildman–Crippen MR) is 20.5 cm³/mol. The van der Waals surface area contributed by atoms with Crippen LogP contribution in [0.4, 0.5) is 0 Å². The standard InChI is InChI=1S/C4H8.Zr/c1-3-4-2;/h3-4H,1-2H3;. The first-order valence-electron chi connectivity index (χ1n) is 1.49. The summed E-state index contributed by atoms with van der Waals surface area (Å²) in [5.41, 5.74) is 0. The van der Waals surface area contributed by atoms with E-state index >= 15 is 0 Å². The van der Waals surface area contributed by atoms with E-state index in [4.69, 9.17) is 0 Å². The van der Waals surface area contributed by atoms with Gasteiger partial charge in [-0.2, -0.15) is 0 Å². The molecule has 0 aliphatic rings. The zero-order valence-electron chi connectivity index (χ0n) is 3.65. The molecule has 28 valence electrons. The molecule has 0 aromatic heterocycles. The molecule has 0 nitrogen and oxygen atoms in total. The van der Waals surface area contributed by atoms with Gasteiger partial charge in [-0.15, -0.1) is 0 Å². The van der Waals surface area contributed by atoms with E-state index in [1.807, 2.05) is 26.0 Å². The van der Waals surface area contributed by atoms with Crippen LogP contribution in [0.25, 0.3) is 0 Å². The van der Waals surface area contributed by atoms with Gasteiger partial charge in [0.25, 0.3) is 0 Å². The fourth-order valence-electron chi connectivity index (χ4n) is 0. The minimum absolute atomic E-state index is 0. The van der Waals surface area contributed by atoms with Crippen LogP contribution in [-0.2, 0) is 26.2 Å². The van der Waals surface area contributed by atoms with E-state index in [2.05, 4.69) is 0 Å². The summed E-state index contributed by atoms with van der Waals surface area (Å²) in [7, 11) is 0. The van der Waals surface area contributed by atoms with Crippen molar-refractivity contribution in [1.82, 2.24) is 0 Å². The normalized spacial score (nSPS) is 7.60. The van der Waals surface area contributed by atoms with Gasteiger partial charge in [-0.25, -0.2) is 0 Å². The third-order valence-corrected chi connectivity index (χ3v) is 0.333. The van der Waals surface area contributed by atoms with Gasteiger partial charge in [-0.05, 0) is 13.8 Å². The number of rotatable bonds is 0. The minimum atomic E-state index is 0. The second-order valence-corrected chi connectivity index (χ2v) is 0.667. The molecule has 0 aliphatic heterocycles. The third kappa shape index (κ3) is 12.1. The van der Waals surface area contributed by atoms with Crippen molar-refractivity contribution in [1.29, 1.82) is 0 Å². The Kier molecular flexibility index (Phi) is 16.2. The van der Waals surface area contributed by atoms with E-state index in [-0.39, 0.29) is 26.2 Å². The maximum absolute atomic E-state index is 2.00. The number of hydrogen-bond donors (Lipinski definition) is 0. The van der Waals surface area contributed by atoms with E-state index in [1.165, 1.54) is 0 Å². The van der Waals surface area contributed by atoms with Crippen LogP contribution in [0.2, 0.25) is 0 Å². The predicted octanol–water partition coefficient (Wildman–Crippen LogP) is 1.58. The van der Waals surface area contributed by atoms with Gasteiger partial charge in [-0.3, -0.25) is 0 Å². The second-order valence-electron chi connectivity index (χ2n) is 0.667. The summed E-state index contributed by atoms with van der Waals surface area (Å²) in [6.45, 7) is 4.00. The van der Waals surface area contributed by atoms with Gasteiger partial charge < -0.3 is 0 Å². The summed E-state index contributed by atoms with van der Waals surface area (Å²) in [5.74, 6) is 0. The van der Waals surface area contributed by atoms with Gasteiger partial charge in [0, 0.05) is 26.2 Å². The molecule has 1 heteroatoms. The molecule has 0 aromatic rings. The Morgan fingerprint density at radius 1 is 1.00 bits per heavy atom. The Labute approximate surface area is 52.4 Å². The molecule has 0 bridgehead atoms. The van der Waals surface area contributed by atoms with E-state index < -0.39 is 0 Å². The van der Waals surface area contributed by atoms with Crippen molar-refractivity contribution in [3.8, 4) is 0 Å². The van der Waals surface area contributed by atoms with Crippen LogP contribution in [0.15, 0.2) is 12.2 Å². The van der Waals surface area contributed by atoms with Gasteiger partial charge in [0.05, 0.1) is 0 Å². The Balaban J connectivity index is 0. The van der Waals surface area contributed by atoms with Crippen LogP contribution in [-0.4, -0.2) is 0 Å². The van der Waals surface area contributed by atoms with Crippen molar-refractivity contribution in [2.75, 3.05) is 0 Å². The molecule has 0 radical (unpaired) electrons. The molecular formula is C4H8Zr. The van der Waals surface area contributed by atoms with E-state index in [1.54, 1.807) is 0 Å². The molecule has 5 heavy (non-hydrogen) atoms. The average Bonchev–Trinajstić information content (AvgIpc) is 1.37. The first-order chi connectivity index (χ1) is 1.91. The molecule has 0 amide bonds. The summed E-state index contributed by atoms with van der Waals surface area (Å²) in [6, 6.07) is 0. The number of hydrogen-bond acceptors (Lipinski definition) is 0. The van der Waals surface area contributed by atoms with Crippen LogP contribution >= 0.6 is 0 Å². The monoisotopic (exact) mass is 146 g/mol. The van der Waals surface area contributed by atoms with Crippen LogP contribution in [0.3, 0.4) is 0 Å². The van der Waals surface area contributed by atoms with Crippen LogP contribution in [0, 0.1) is 0 Å². The SMILES string of the molecule is CC=CC.[Zr]. The fourth-order valence-corrected chi connectivity index (χ4v) is 0. The zero-order chi connectivity index (χ0) is 3.41. The van der Waals surface area contributed by atoms with E-state index in [0.29, 0.717) is 0 Å². The smallest absolute Gasteiger partial charge is 0 e. The van der Waals surface area contributed by atoms with Gasteiger partial charge in [0.1, 0.15) is 0 Å². The van der Waals surface area contributed by atoms with Crippen LogP contribution in [0.5, 0.6) is 0 Å². The molecule has 0 rings (SSSR count). The van der Waals surface area contributed by atoms with Gasteiger partial charge in [-0.1, -0.05) is 12.2 Å². The molecule has 0 aliphatic carbocycles. The van der Waals surface area contributed by atoms with Crippen molar-refractivity contribution in [2.45, 2.75) is 13.8 Å². The maximum atomic E-state index is 2.00. The topological polar surface area (TPSA) is 0 Å². The average molecular weight is 147 g/mol. The summed E-state index contributed by atoms with van der Waals surface area (Å²) >= 11 is 0. The Bertz CT molecular complexity index is 18.8. The molecule has 0 spiro atoms. The van der Waals surface area contributed by atoms with Crippen molar-refractivity contribution in [3.05, 3.63) is 12.2 Å². The Morgan fingerprint density at radius 3 is 1.20 bits per heavy atom. The molecule has 0 aromatic carbocycles. The van der Waals surface area contributed by atoms with Gasteiger partial charge in [0.2, 0.25) is 0 Å². The van der Waals surface area contributed by atoms with Crippen molar-refractivity contribution < 1.29 is 26.2 Å². The van der Waals surface area contributed by atoms with Gasteiger partial charge >= 0.3 is 0 Å². The Hall–Kier alpha value is 0.623. The van der Waals surface area contributed by atoms with Gasteiger partial charge in [0.15, 0.2) is 0 Å². The molecule has 0 saturated heterocycles. The van der Waals surface area contributed by atoms with Crippen LogP contribution < -0.4 is 0 Å². The number of allylic oxidation sites excluding steroid dienone is 2. The first-order valence-corrected chi connectivity index (χ1v) is 1.49. The van der Waals surface area contributed by atoms with E-state index in [0.717, 1.165) is 0 Å². The summed E-state index contributed by atoms with van der Waals surface area (Å²) in [5, 5.41) is 0. The zero-order valence-corrected chi connectivity index (χ0v) is 6.11. The molecule has 0 atom stereocenters. The second kappa shape index (κ2) is 8.82. The Morgan fingerprint density at radius 2 is 1.20 bits per heavy atom. The molecular weight excluding hydrogens is 139 g/mol. The quantitative estimate of drug-likeness (QED) is 0.456. The summed E-state index contributed by atoms with van der Waals surface area (Å²) < 4.78 is 0. The van der Waals surface area contributed by atoms with Crippen LogP contribution in [0.1, 0.15) is 13.8 Å². The largest absolute Gasteiger partial charge is 0.0919 e. The molecule has 0 saturated carbocycles. The van der Waals surface area contributed by atoms with Crippen molar-refractivity contribution >= 4 is 0 Å². The third-order valence-electron chi connectivity index (χ3n) is 0.333. The molecule has 0 heterocycles. The molecule has 0 unspecified atom stereocenters. The first kappa shape index (κ1) is 9.16. The molecule has 0 fully saturated rings.